The molecule has 0 heterocycles. The Kier molecular flexibility index (Phi) is 7.52. The second kappa shape index (κ2) is 8.93. The number of hydrogen-bond acceptors (Lipinski definition) is 2. The van der Waals surface area contributed by atoms with E-state index in [0.717, 1.165) is 12.8 Å². The third kappa shape index (κ3) is 7.85. The third-order valence-corrected chi connectivity index (χ3v) is 3.94. The van der Waals surface area contributed by atoms with E-state index >= 15 is 0 Å². The van der Waals surface area contributed by atoms with Crippen LogP contribution in [0.4, 0.5) is 5.69 Å². The molecule has 1 aromatic carbocycles. The number of para-hydroxylation sites is 1. The SMILES string of the molecule is CCCCCCCCNS(=O)(=O)Nc1ccccc1. The first-order chi connectivity index (χ1) is 9.14. The highest BCUT2D eigenvalue weighted by Crippen LogP contribution is 2.07. The highest BCUT2D eigenvalue weighted by atomic mass is 32.2. The molecule has 0 aliphatic heterocycles. The quantitative estimate of drug-likeness (QED) is 0.648. The van der Waals surface area contributed by atoms with E-state index in [2.05, 4.69) is 16.4 Å². The molecule has 0 aliphatic rings. The fraction of sp³-hybridized carbons (Fsp3) is 0.571. The van der Waals surface area contributed by atoms with E-state index in [9.17, 15) is 8.42 Å². The summed E-state index contributed by atoms with van der Waals surface area (Å²) in [6.45, 7) is 2.68. The average molecular weight is 284 g/mol. The van der Waals surface area contributed by atoms with Gasteiger partial charge in [-0.15, -0.1) is 0 Å². The van der Waals surface area contributed by atoms with Gasteiger partial charge in [-0.2, -0.15) is 13.1 Å². The first-order valence-electron chi connectivity index (χ1n) is 6.96. The van der Waals surface area contributed by atoms with Gasteiger partial charge >= 0.3 is 0 Å². The molecular weight excluding hydrogens is 260 g/mol. The Morgan fingerprint density at radius 2 is 1.58 bits per heavy atom. The standard InChI is InChI=1S/C14H24N2O2S/c1-2-3-4-5-6-10-13-15-19(17,18)16-14-11-8-7-9-12-14/h7-9,11-12,15-16H,2-6,10,13H2,1H3. The fourth-order valence-corrected chi connectivity index (χ4v) is 2.74. The Bertz CT molecular complexity index is 432. The van der Waals surface area contributed by atoms with Crippen LogP contribution in [0, 0.1) is 0 Å². The van der Waals surface area contributed by atoms with E-state index in [4.69, 9.17) is 0 Å². The van der Waals surface area contributed by atoms with E-state index in [-0.39, 0.29) is 0 Å². The lowest BCUT2D eigenvalue weighted by atomic mass is 10.1. The first-order valence-corrected chi connectivity index (χ1v) is 8.45. The van der Waals surface area contributed by atoms with E-state index in [1.807, 2.05) is 6.07 Å². The summed E-state index contributed by atoms with van der Waals surface area (Å²) in [6, 6.07) is 8.90. The van der Waals surface area contributed by atoms with Gasteiger partial charge in [0.05, 0.1) is 0 Å². The van der Waals surface area contributed by atoms with Crippen LogP contribution in [0.3, 0.4) is 0 Å². The lowest BCUT2D eigenvalue weighted by Crippen LogP contribution is -2.30. The van der Waals surface area contributed by atoms with Crippen molar-refractivity contribution in [2.45, 2.75) is 45.4 Å². The maximum atomic E-state index is 11.7. The molecule has 19 heavy (non-hydrogen) atoms. The van der Waals surface area contributed by atoms with E-state index in [1.165, 1.54) is 25.7 Å². The normalized spacial score (nSPS) is 11.4. The van der Waals surface area contributed by atoms with Gasteiger partial charge in [0, 0.05) is 12.2 Å². The van der Waals surface area contributed by atoms with Crippen molar-refractivity contribution in [3.8, 4) is 0 Å². The minimum Gasteiger partial charge on any atom is -0.271 e. The molecule has 0 aliphatic carbocycles. The van der Waals surface area contributed by atoms with Crippen LogP contribution >= 0.6 is 0 Å². The van der Waals surface area contributed by atoms with Crippen LogP contribution in [-0.2, 0) is 10.2 Å². The lowest BCUT2D eigenvalue weighted by Gasteiger charge is -2.09. The van der Waals surface area contributed by atoms with Gasteiger partial charge in [-0.25, -0.2) is 0 Å². The van der Waals surface area contributed by atoms with Crippen LogP contribution in [-0.4, -0.2) is 15.0 Å². The number of rotatable bonds is 10. The zero-order valence-electron chi connectivity index (χ0n) is 11.6. The van der Waals surface area contributed by atoms with Crippen LogP contribution in [0.25, 0.3) is 0 Å². The van der Waals surface area contributed by atoms with E-state index in [1.54, 1.807) is 24.3 Å². The zero-order valence-corrected chi connectivity index (χ0v) is 12.4. The number of unbranched alkanes of at least 4 members (excludes halogenated alkanes) is 5. The van der Waals surface area contributed by atoms with Crippen LogP contribution < -0.4 is 9.44 Å². The van der Waals surface area contributed by atoms with E-state index < -0.39 is 10.2 Å². The van der Waals surface area contributed by atoms with Crippen molar-refractivity contribution < 1.29 is 8.42 Å². The molecule has 0 saturated carbocycles. The number of nitrogens with one attached hydrogen (secondary N) is 2. The Labute approximate surface area is 116 Å². The highest BCUT2D eigenvalue weighted by molar-refractivity contribution is 7.90. The predicted molar refractivity (Wildman–Crippen MR) is 80.4 cm³/mol. The van der Waals surface area contributed by atoms with Gasteiger partial charge in [0.15, 0.2) is 0 Å². The molecule has 0 bridgehead atoms. The summed E-state index contributed by atoms with van der Waals surface area (Å²) in [5, 5.41) is 0. The Hall–Kier alpha value is -1.07. The molecule has 0 amide bonds. The zero-order chi connectivity index (χ0) is 14.0. The molecule has 0 fully saturated rings. The number of hydrogen-bond donors (Lipinski definition) is 2. The summed E-state index contributed by atoms with van der Waals surface area (Å²) in [7, 11) is -3.43. The van der Waals surface area contributed by atoms with Crippen molar-refractivity contribution in [1.82, 2.24) is 4.72 Å². The van der Waals surface area contributed by atoms with Gasteiger partial charge in [0.25, 0.3) is 10.2 Å². The smallest absolute Gasteiger partial charge is 0.271 e. The third-order valence-electron chi connectivity index (χ3n) is 2.85. The molecule has 0 aromatic heterocycles. The van der Waals surface area contributed by atoms with Crippen molar-refractivity contribution in [1.29, 1.82) is 0 Å². The molecule has 0 atom stereocenters. The number of benzene rings is 1. The Morgan fingerprint density at radius 1 is 0.947 bits per heavy atom. The summed E-state index contributed by atoms with van der Waals surface area (Å²) in [6.07, 6.45) is 6.88. The van der Waals surface area contributed by atoms with Crippen molar-refractivity contribution in [2.75, 3.05) is 11.3 Å². The predicted octanol–water partition coefficient (Wildman–Crippen LogP) is 3.29. The summed E-state index contributed by atoms with van der Waals surface area (Å²) < 4.78 is 28.5. The summed E-state index contributed by atoms with van der Waals surface area (Å²) in [5.41, 5.74) is 0.581. The largest absolute Gasteiger partial charge is 0.299 e. The molecule has 0 unspecified atom stereocenters. The fourth-order valence-electron chi connectivity index (χ4n) is 1.81. The summed E-state index contributed by atoms with van der Waals surface area (Å²) >= 11 is 0. The van der Waals surface area contributed by atoms with Crippen LogP contribution in [0.1, 0.15) is 45.4 Å². The highest BCUT2D eigenvalue weighted by Gasteiger charge is 2.07. The molecule has 0 radical (unpaired) electrons. The summed E-state index contributed by atoms with van der Waals surface area (Å²) in [4.78, 5) is 0. The van der Waals surface area contributed by atoms with Gasteiger partial charge in [-0.1, -0.05) is 57.2 Å². The Morgan fingerprint density at radius 3 is 2.26 bits per heavy atom. The van der Waals surface area contributed by atoms with Crippen LogP contribution in [0.5, 0.6) is 0 Å². The van der Waals surface area contributed by atoms with Gasteiger partial charge in [0.1, 0.15) is 0 Å². The molecule has 108 valence electrons. The lowest BCUT2D eigenvalue weighted by molar-refractivity contribution is 0.572. The van der Waals surface area contributed by atoms with Crippen molar-refractivity contribution in [3.05, 3.63) is 30.3 Å². The van der Waals surface area contributed by atoms with Crippen LogP contribution in [0.2, 0.25) is 0 Å². The van der Waals surface area contributed by atoms with Gasteiger partial charge in [-0.05, 0) is 18.6 Å². The molecule has 1 aromatic rings. The molecule has 5 heteroatoms. The molecule has 2 N–H and O–H groups in total. The summed E-state index contributed by atoms with van der Waals surface area (Å²) in [5.74, 6) is 0. The van der Waals surface area contributed by atoms with Crippen molar-refractivity contribution >= 4 is 15.9 Å². The molecule has 0 saturated heterocycles. The van der Waals surface area contributed by atoms with Gasteiger partial charge < -0.3 is 0 Å². The second-order valence-electron chi connectivity index (χ2n) is 4.63. The van der Waals surface area contributed by atoms with Gasteiger partial charge in [-0.3, -0.25) is 4.72 Å². The molecular formula is C14H24N2O2S. The molecule has 1 rings (SSSR count). The van der Waals surface area contributed by atoms with Gasteiger partial charge in [0.2, 0.25) is 0 Å². The van der Waals surface area contributed by atoms with E-state index in [0.29, 0.717) is 12.2 Å². The first kappa shape index (κ1) is 16.0. The number of anilines is 1. The maximum Gasteiger partial charge on any atom is 0.299 e. The minimum atomic E-state index is -3.43. The maximum absolute atomic E-state index is 11.7. The van der Waals surface area contributed by atoms with Crippen LogP contribution in [0.15, 0.2) is 30.3 Å². The second-order valence-corrected chi connectivity index (χ2v) is 6.13. The molecule has 4 nitrogen and oxygen atoms in total. The molecule has 0 spiro atoms. The topological polar surface area (TPSA) is 58.2 Å². The average Bonchev–Trinajstić information content (AvgIpc) is 2.38. The Balaban J connectivity index is 2.17. The van der Waals surface area contributed by atoms with Crippen molar-refractivity contribution in [2.24, 2.45) is 0 Å². The monoisotopic (exact) mass is 284 g/mol. The minimum absolute atomic E-state index is 0.494. The van der Waals surface area contributed by atoms with Crippen molar-refractivity contribution in [3.63, 3.8) is 0 Å².